The lowest BCUT2D eigenvalue weighted by molar-refractivity contribution is -0.143. The second-order valence-electron chi connectivity index (χ2n) is 23.2. The van der Waals surface area contributed by atoms with E-state index in [1.54, 1.807) is 80.7 Å². The molecule has 94 heavy (non-hydrogen) atoms. The van der Waals surface area contributed by atoms with Crippen LogP contribution in [0, 0.1) is 5.92 Å². The van der Waals surface area contributed by atoms with Crippen molar-refractivity contribution in [3.63, 3.8) is 0 Å². The SMILES string of the molecule is CC[C@H](C)[C@H](NC(=O)[C@H](Cc1c[nH]c2ccccc12)NC(=O)[C@H](CCCN=C(N)N)NC(=O)[C@H](CCC(N)=O)NC(=O)[C@H](Cc1ccccc1)NC(=O)[C@H](CCCCN)NC(=O)[C@H](Cc1ccc(O)cc1)NC(=O)[C@@H](N)Cc1cnc[nH]1)C(=O)N[C@@H](CCCCN)C(=O)O. The number of aromatic amines is 2. The number of nitrogens with two attached hydrogens (primary N) is 6. The minimum Gasteiger partial charge on any atom is -0.508 e. The van der Waals surface area contributed by atoms with Crippen LogP contribution in [0.5, 0.6) is 5.75 Å². The lowest BCUT2D eigenvalue weighted by Gasteiger charge is -2.29. The highest BCUT2D eigenvalue weighted by molar-refractivity contribution is 5.99. The van der Waals surface area contributed by atoms with Crippen LogP contribution in [-0.2, 0) is 73.6 Å². The number of benzene rings is 3. The monoisotopic (exact) mass is 1300 g/mol. The topological polar surface area (TPSA) is 520 Å². The molecule has 0 saturated heterocycles. The minimum atomic E-state index is -1.63. The molecule has 2 heterocycles. The number of aromatic hydroxyl groups is 1. The lowest BCUT2D eigenvalue weighted by Crippen LogP contribution is -2.61. The van der Waals surface area contributed by atoms with Crippen LogP contribution in [0.2, 0.25) is 0 Å². The van der Waals surface area contributed by atoms with Crippen molar-refractivity contribution in [2.75, 3.05) is 19.6 Å². The maximum atomic E-state index is 14.9. The largest absolute Gasteiger partial charge is 0.508 e. The van der Waals surface area contributed by atoms with E-state index < -0.39 is 132 Å². The molecule has 0 fully saturated rings. The Kier molecular flexibility index (Phi) is 30.9. The number of aliphatic carboxylic acids is 1. The molecule has 0 radical (unpaired) electrons. The Bertz CT molecular complexity index is 3310. The average molecular weight is 1310 g/mol. The number of rotatable bonds is 42. The molecule has 5 aromatic rings. The van der Waals surface area contributed by atoms with Crippen LogP contribution in [0.1, 0.15) is 107 Å². The van der Waals surface area contributed by atoms with E-state index in [4.69, 9.17) is 34.4 Å². The molecule has 510 valence electrons. The first-order chi connectivity index (χ1) is 45.0. The summed E-state index contributed by atoms with van der Waals surface area (Å²) < 4.78 is 0. The number of carboxylic acid groups (broad SMARTS) is 1. The Balaban J connectivity index is 1.46. The summed E-state index contributed by atoms with van der Waals surface area (Å²) >= 11 is 0. The fourth-order valence-electron chi connectivity index (χ4n) is 10.3. The summed E-state index contributed by atoms with van der Waals surface area (Å²) in [6.07, 6.45) is 5.31. The minimum absolute atomic E-state index is 0.00516. The van der Waals surface area contributed by atoms with Gasteiger partial charge in [0.1, 0.15) is 54.1 Å². The Hall–Kier alpha value is -9.94. The van der Waals surface area contributed by atoms with Gasteiger partial charge in [-0.1, -0.05) is 80.9 Å². The van der Waals surface area contributed by atoms with E-state index in [-0.39, 0.29) is 76.2 Å². The van der Waals surface area contributed by atoms with Gasteiger partial charge in [-0.2, -0.15) is 0 Å². The number of nitrogens with one attached hydrogen (secondary N) is 10. The number of unbranched alkanes of at least 4 members (excludes halogenated alkanes) is 2. The maximum absolute atomic E-state index is 14.9. The Morgan fingerprint density at radius 1 is 0.543 bits per heavy atom. The molecule has 0 unspecified atom stereocenters. The molecule has 30 heteroatoms. The molecule has 0 aliphatic heterocycles. The van der Waals surface area contributed by atoms with Gasteiger partial charge < -0.3 is 97.1 Å². The number of imidazole rings is 1. The van der Waals surface area contributed by atoms with Crippen molar-refractivity contribution in [1.29, 1.82) is 0 Å². The number of amides is 9. The number of aromatic nitrogens is 3. The van der Waals surface area contributed by atoms with Crippen molar-refractivity contribution in [1.82, 2.24) is 57.5 Å². The van der Waals surface area contributed by atoms with Crippen LogP contribution in [-0.4, -0.2) is 164 Å². The summed E-state index contributed by atoms with van der Waals surface area (Å²) in [6.45, 7) is 4.00. The fourth-order valence-corrected chi connectivity index (χ4v) is 10.3. The Morgan fingerprint density at radius 2 is 1.03 bits per heavy atom. The van der Waals surface area contributed by atoms with Crippen LogP contribution in [0.4, 0.5) is 0 Å². The summed E-state index contributed by atoms with van der Waals surface area (Å²) in [5, 5.41) is 42.3. The lowest BCUT2D eigenvalue weighted by atomic mass is 9.96. The van der Waals surface area contributed by atoms with Gasteiger partial charge in [0.2, 0.25) is 53.2 Å². The number of phenols is 1. The number of hydrogen-bond donors (Lipinski definition) is 18. The summed E-state index contributed by atoms with van der Waals surface area (Å²) in [7, 11) is 0. The first kappa shape index (κ1) is 74.8. The van der Waals surface area contributed by atoms with E-state index in [1.165, 1.54) is 24.7 Å². The zero-order valence-electron chi connectivity index (χ0n) is 53.1. The van der Waals surface area contributed by atoms with Gasteiger partial charge in [0.05, 0.1) is 12.4 Å². The van der Waals surface area contributed by atoms with Crippen LogP contribution in [0.15, 0.2) is 103 Å². The molecular formula is C64H92N18O12. The number of nitrogens with zero attached hydrogens (tertiary/aromatic N) is 2. The Morgan fingerprint density at radius 3 is 1.57 bits per heavy atom. The van der Waals surface area contributed by atoms with E-state index in [1.807, 2.05) is 6.07 Å². The molecule has 2 aromatic heterocycles. The van der Waals surface area contributed by atoms with E-state index in [2.05, 4.69) is 62.5 Å². The Labute approximate surface area is 544 Å². The number of carboxylic acids is 1. The number of H-pyrrole nitrogens is 2. The highest BCUT2D eigenvalue weighted by atomic mass is 16.4. The number of carbonyl (C=O) groups excluding carboxylic acids is 9. The third-order valence-electron chi connectivity index (χ3n) is 15.8. The molecule has 24 N–H and O–H groups in total. The molecule has 0 aliphatic rings. The van der Waals surface area contributed by atoms with Crippen molar-refractivity contribution >= 4 is 76.0 Å². The van der Waals surface area contributed by atoms with Gasteiger partial charge in [0.25, 0.3) is 0 Å². The van der Waals surface area contributed by atoms with Gasteiger partial charge in [-0.3, -0.25) is 48.1 Å². The van der Waals surface area contributed by atoms with Crippen LogP contribution in [0.25, 0.3) is 10.9 Å². The van der Waals surface area contributed by atoms with Crippen LogP contribution >= 0.6 is 0 Å². The molecule has 10 atom stereocenters. The zero-order chi connectivity index (χ0) is 68.7. The van der Waals surface area contributed by atoms with Crippen molar-refractivity contribution in [2.45, 2.75) is 165 Å². The average Bonchev–Trinajstić information content (AvgIpc) is 1.61. The number of aliphatic imine (C=N–C) groups is 1. The van der Waals surface area contributed by atoms with Crippen LogP contribution < -0.4 is 76.9 Å². The number of para-hydroxylation sites is 1. The number of carbonyl (C=O) groups is 10. The first-order valence-electron chi connectivity index (χ1n) is 31.5. The molecule has 0 spiro atoms. The van der Waals surface area contributed by atoms with E-state index in [0.717, 1.165) is 0 Å². The van der Waals surface area contributed by atoms with E-state index in [9.17, 15) is 58.2 Å². The summed E-state index contributed by atoms with van der Waals surface area (Å²) in [4.78, 5) is 155. The normalized spacial score (nSPS) is 14.4. The predicted octanol–water partition coefficient (Wildman–Crippen LogP) is -1.22. The first-order valence-corrected chi connectivity index (χ1v) is 31.5. The van der Waals surface area contributed by atoms with E-state index >= 15 is 0 Å². The standard InChI is InChI=1S/C64H92N18O12/c1-3-37(2)54(62(92)78-49(63(93)94)19-10-12-28-66)82-61(91)52(32-40-34-73-45-17-8-7-16-43(40)45)81-57(87)47(20-13-29-72-64(69)70)75-58(88)48(25-26-53(68)84)77-60(90)51(30-38-14-5-4-6-15-38)80-56(86)46(18-9-11-27-65)76-59(89)50(31-39-21-23-42(83)24-22-39)79-55(85)44(67)33-41-35-71-36-74-41/h4-8,14-17,21-24,34-37,44,46-52,54,73,83H,3,9-13,18-20,25-33,65-67H2,1-2H3,(H2,68,84)(H,71,74)(H,75,88)(H,76,89)(H,77,90)(H,78,92)(H,79,85)(H,80,86)(H,81,87)(H,82,91)(H,93,94)(H4,69,70,72)/t37-,44-,46-,47-,48-,49-,50-,51-,52-,54-/m0/s1. The molecule has 9 amide bonds. The van der Waals surface area contributed by atoms with Crippen molar-refractivity contribution in [2.24, 2.45) is 45.3 Å². The van der Waals surface area contributed by atoms with E-state index in [0.29, 0.717) is 71.9 Å². The van der Waals surface area contributed by atoms with Crippen molar-refractivity contribution in [3.05, 3.63) is 120 Å². The summed E-state index contributed by atoms with van der Waals surface area (Å²) in [6, 6.07) is 9.16. The van der Waals surface area contributed by atoms with Gasteiger partial charge in [-0.15, -0.1) is 0 Å². The number of hydrogen-bond acceptors (Lipinski definition) is 16. The summed E-state index contributed by atoms with van der Waals surface area (Å²) in [5.41, 5.74) is 37.6. The zero-order valence-corrected chi connectivity index (χ0v) is 53.1. The maximum Gasteiger partial charge on any atom is 0.326 e. The number of primary amides is 1. The highest BCUT2D eigenvalue weighted by Crippen LogP contribution is 2.21. The van der Waals surface area contributed by atoms with Gasteiger partial charge in [0.15, 0.2) is 5.96 Å². The molecule has 5 rings (SSSR count). The second kappa shape index (κ2) is 38.8. The van der Waals surface area contributed by atoms with Gasteiger partial charge >= 0.3 is 5.97 Å². The smallest absolute Gasteiger partial charge is 0.326 e. The van der Waals surface area contributed by atoms with Crippen molar-refractivity contribution in [3.8, 4) is 5.75 Å². The predicted molar refractivity (Wildman–Crippen MR) is 351 cm³/mol. The number of fused-ring (bicyclic) bond motifs is 1. The molecule has 0 bridgehead atoms. The van der Waals surface area contributed by atoms with Gasteiger partial charge in [-0.25, -0.2) is 9.78 Å². The molecular weight excluding hydrogens is 1210 g/mol. The van der Waals surface area contributed by atoms with Gasteiger partial charge in [-0.05, 0) is 112 Å². The fraction of sp³-hybridized carbons (Fsp3) is 0.469. The molecule has 3 aromatic carbocycles. The molecule has 0 saturated carbocycles. The molecule has 30 nitrogen and oxygen atoms in total. The number of guanidine groups is 1. The van der Waals surface area contributed by atoms with Gasteiger partial charge in [0, 0.05) is 67.6 Å². The quantitative estimate of drug-likeness (QED) is 0.0124. The number of phenolic OH excluding ortho intramolecular Hbond substituents is 1. The summed E-state index contributed by atoms with van der Waals surface area (Å²) in [5.74, 6) is -9.77. The van der Waals surface area contributed by atoms with Crippen LogP contribution in [0.3, 0.4) is 0 Å². The van der Waals surface area contributed by atoms with Crippen molar-refractivity contribution < 1.29 is 58.2 Å². The second-order valence-corrected chi connectivity index (χ2v) is 23.2. The molecule has 0 aliphatic carbocycles. The highest BCUT2D eigenvalue weighted by Gasteiger charge is 2.37. The third-order valence-corrected chi connectivity index (χ3v) is 15.8. The third kappa shape index (κ3) is 24.9.